The highest BCUT2D eigenvalue weighted by Crippen LogP contribution is 2.26. The predicted octanol–water partition coefficient (Wildman–Crippen LogP) is 0.0571. The van der Waals surface area contributed by atoms with Crippen molar-refractivity contribution in [1.29, 1.82) is 0 Å². The van der Waals surface area contributed by atoms with Gasteiger partial charge < -0.3 is 9.90 Å². The van der Waals surface area contributed by atoms with E-state index in [4.69, 9.17) is 0 Å². The Morgan fingerprint density at radius 1 is 1.11 bits per heavy atom. The molecule has 0 spiro atoms. The lowest BCUT2D eigenvalue weighted by Crippen LogP contribution is -2.53. The number of benzene rings is 1. The van der Waals surface area contributed by atoms with Gasteiger partial charge in [-0.05, 0) is 18.1 Å². The first-order valence-electron chi connectivity index (χ1n) is 5.63. The summed E-state index contributed by atoms with van der Waals surface area (Å²) in [7, 11) is 0. The fourth-order valence-electron chi connectivity index (χ4n) is 2.14. The summed E-state index contributed by atoms with van der Waals surface area (Å²) in [5.74, 6) is -2.96. The second-order valence-corrected chi connectivity index (χ2v) is 4.53. The first kappa shape index (κ1) is 12.3. The topological polar surface area (TPSA) is 77.5 Å². The number of aliphatic carboxylic acids is 1. The van der Waals surface area contributed by atoms with Gasteiger partial charge in [-0.2, -0.15) is 0 Å². The molecule has 1 aromatic carbocycles. The van der Waals surface area contributed by atoms with Gasteiger partial charge in [0, 0.05) is 0 Å². The summed E-state index contributed by atoms with van der Waals surface area (Å²) < 4.78 is 0. The zero-order chi connectivity index (χ0) is 13.4. The predicted molar refractivity (Wildman–Crippen MR) is 60.6 cm³/mol. The Morgan fingerprint density at radius 2 is 1.56 bits per heavy atom. The molecule has 1 heterocycles. The lowest BCUT2D eigenvalue weighted by Gasteiger charge is -2.30. The molecule has 1 aliphatic rings. The Hall–Kier alpha value is -2.17. The molecule has 0 radical (unpaired) electrons. The highest BCUT2D eigenvalue weighted by Gasteiger charge is 2.41. The standard InChI is InChI=1S/C13H13NO4/c1-7(2)10(13(17)18)14-11(15)8-5-3-4-6-9(8)12(14)16/h3-7,10H,1-2H3,(H,17,18)/p-1. The van der Waals surface area contributed by atoms with Gasteiger partial charge in [0.1, 0.15) is 0 Å². The number of hydrogen-bond acceptors (Lipinski definition) is 4. The molecule has 1 atom stereocenters. The third kappa shape index (κ3) is 1.68. The second-order valence-electron chi connectivity index (χ2n) is 4.53. The second kappa shape index (κ2) is 4.25. The van der Waals surface area contributed by atoms with Crippen molar-refractivity contribution >= 4 is 17.8 Å². The number of imide groups is 1. The maximum absolute atomic E-state index is 12.1. The highest BCUT2D eigenvalue weighted by atomic mass is 16.4. The van der Waals surface area contributed by atoms with E-state index in [0.717, 1.165) is 4.90 Å². The Labute approximate surface area is 104 Å². The molecule has 0 N–H and O–H groups in total. The van der Waals surface area contributed by atoms with Crippen molar-refractivity contribution in [3.63, 3.8) is 0 Å². The van der Waals surface area contributed by atoms with Crippen LogP contribution in [0.15, 0.2) is 24.3 Å². The van der Waals surface area contributed by atoms with Crippen LogP contribution in [-0.2, 0) is 4.79 Å². The molecule has 5 nitrogen and oxygen atoms in total. The molecule has 94 valence electrons. The van der Waals surface area contributed by atoms with Crippen molar-refractivity contribution in [1.82, 2.24) is 4.90 Å². The molecule has 0 saturated heterocycles. The Kier molecular flexibility index (Phi) is 2.90. The van der Waals surface area contributed by atoms with Crippen molar-refractivity contribution in [2.45, 2.75) is 19.9 Å². The molecule has 5 heteroatoms. The quantitative estimate of drug-likeness (QED) is 0.706. The van der Waals surface area contributed by atoms with E-state index < -0.39 is 29.7 Å². The van der Waals surface area contributed by atoms with Crippen LogP contribution >= 0.6 is 0 Å². The van der Waals surface area contributed by atoms with Gasteiger partial charge >= 0.3 is 0 Å². The summed E-state index contributed by atoms with van der Waals surface area (Å²) in [5, 5.41) is 11.1. The summed E-state index contributed by atoms with van der Waals surface area (Å²) in [6.07, 6.45) is 0. The average Bonchev–Trinajstić information content (AvgIpc) is 2.55. The maximum atomic E-state index is 12.1. The number of amides is 2. The highest BCUT2D eigenvalue weighted by molar-refractivity contribution is 6.22. The van der Waals surface area contributed by atoms with Gasteiger partial charge in [-0.15, -0.1) is 0 Å². The largest absolute Gasteiger partial charge is 0.548 e. The van der Waals surface area contributed by atoms with Gasteiger partial charge in [-0.25, -0.2) is 0 Å². The zero-order valence-electron chi connectivity index (χ0n) is 10.0. The minimum atomic E-state index is -1.42. The van der Waals surface area contributed by atoms with E-state index in [9.17, 15) is 19.5 Å². The molecular weight excluding hydrogens is 234 g/mol. The zero-order valence-corrected chi connectivity index (χ0v) is 10.0. The summed E-state index contributed by atoms with van der Waals surface area (Å²) in [5.41, 5.74) is 0.490. The number of fused-ring (bicyclic) bond motifs is 1. The number of carbonyl (C=O) groups is 3. The molecule has 1 aliphatic heterocycles. The van der Waals surface area contributed by atoms with Crippen LogP contribution in [0.25, 0.3) is 0 Å². The first-order valence-corrected chi connectivity index (χ1v) is 5.63. The van der Waals surface area contributed by atoms with E-state index >= 15 is 0 Å². The number of carboxylic acids is 1. The van der Waals surface area contributed by atoms with E-state index in [1.807, 2.05) is 0 Å². The van der Waals surface area contributed by atoms with E-state index in [1.54, 1.807) is 26.0 Å². The minimum absolute atomic E-state index is 0.245. The SMILES string of the molecule is CC(C)C(C(=O)[O-])N1C(=O)c2ccccc2C1=O. The van der Waals surface area contributed by atoms with E-state index in [1.165, 1.54) is 12.1 Å². The fourth-order valence-corrected chi connectivity index (χ4v) is 2.14. The lowest BCUT2D eigenvalue weighted by atomic mass is 10.0. The average molecular weight is 246 g/mol. The van der Waals surface area contributed by atoms with Crippen molar-refractivity contribution in [3.05, 3.63) is 35.4 Å². The van der Waals surface area contributed by atoms with Crippen molar-refractivity contribution in [3.8, 4) is 0 Å². The van der Waals surface area contributed by atoms with Gasteiger partial charge in [0.15, 0.2) is 0 Å². The summed E-state index contributed by atoms with van der Waals surface area (Å²) >= 11 is 0. The van der Waals surface area contributed by atoms with Crippen LogP contribution in [0.3, 0.4) is 0 Å². The molecule has 0 aromatic heterocycles. The Balaban J connectivity index is 2.47. The number of carboxylic acid groups (broad SMARTS) is 1. The molecule has 2 rings (SSSR count). The Morgan fingerprint density at radius 3 is 1.89 bits per heavy atom. The van der Waals surface area contributed by atoms with Gasteiger partial charge in [-0.1, -0.05) is 26.0 Å². The van der Waals surface area contributed by atoms with E-state index in [0.29, 0.717) is 0 Å². The number of rotatable bonds is 3. The third-order valence-electron chi connectivity index (χ3n) is 2.98. The van der Waals surface area contributed by atoms with Crippen LogP contribution in [0.4, 0.5) is 0 Å². The summed E-state index contributed by atoms with van der Waals surface area (Å²) in [4.78, 5) is 36.0. The Bertz CT molecular complexity index is 501. The van der Waals surface area contributed by atoms with Gasteiger partial charge in [0.05, 0.1) is 23.1 Å². The van der Waals surface area contributed by atoms with Gasteiger partial charge in [0.2, 0.25) is 0 Å². The number of hydrogen-bond donors (Lipinski definition) is 0. The van der Waals surface area contributed by atoms with Crippen LogP contribution < -0.4 is 5.11 Å². The fraction of sp³-hybridized carbons (Fsp3) is 0.308. The van der Waals surface area contributed by atoms with Crippen LogP contribution in [0, 0.1) is 5.92 Å². The first-order chi connectivity index (χ1) is 8.45. The van der Waals surface area contributed by atoms with Crippen LogP contribution in [-0.4, -0.2) is 28.7 Å². The van der Waals surface area contributed by atoms with Crippen LogP contribution in [0.5, 0.6) is 0 Å². The number of carbonyl (C=O) groups excluding carboxylic acids is 3. The van der Waals surface area contributed by atoms with Gasteiger partial charge in [-0.3, -0.25) is 14.5 Å². The number of nitrogens with zero attached hydrogens (tertiary/aromatic N) is 1. The van der Waals surface area contributed by atoms with Crippen LogP contribution in [0.2, 0.25) is 0 Å². The van der Waals surface area contributed by atoms with Crippen molar-refractivity contribution in [2.75, 3.05) is 0 Å². The van der Waals surface area contributed by atoms with Crippen molar-refractivity contribution in [2.24, 2.45) is 5.92 Å². The van der Waals surface area contributed by atoms with E-state index in [-0.39, 0.29) is 11.1 Å². The molecule has 0 fully saturated rings. The van der Waals surface area contributed by atoms with Crippen LogP contribution in [0.1, 0.15) is 34.6 Å². The van der Waals surface area contributed by atoms with E-state index in [2.05, 4.69) is 0 Å². The normalized spacial score (nSPS) is 16.1. The minimum Gasteiger partial charge on any atom is -0.548 e. The molecule has 18 heavy (non-hydrogen) atoms. The summed E-state index contributed by atoms with van der Waals surface area (Å²) in [6.45, 7) is 3.26. The molecule has 1 unspecified atom stereocenters. The smallest absolute Gasteiger partial charge is 0.262 e. The lowest BCUT2D eigenvalue weighted by molar-refractivity contribution is -0.311. The molecule has 1 aromatic rings. The molecule has 0 bridgehead atoms. The maximum Gasteiger partial charge on any atom is 0.262 e. The monoisotopic (exact) mass is 246 g/mol. The molecule has 0 saturated carbocycles. The molecule has 0 aliphatic carbocycles. The van der Waals surface area contributed by atoms with Gasteiger partial charge in [0.25, 0.3) is 11.8 Å². The third-order valence-corrected chi connectivity index (χ3v) is 2.98. The van der Waals surface area contributed by atoms with Crippen molar-refractivity contribution < 1.29 is 19.5 Å². The summed E-state index contributed by atoms with van der Waals surface area (Å²) in [6, 6.07) is 5.07. The molecular formula is C13H12NO4-. The molecule has 2 amide bonds.